The Morgan fingerprint density at radius 1 is 1.65 bits per heavy atom. The van der Waals surface area contributed by atoms with Crippen LogP contribution in [0.25, 0.3) is 0 Å². The van der Waals surface area contributed by atoms with E-state index in [1.165, 1.54) is 11.3 Å². The third kappa shape index (κ3) is 2.61. The fourth-order valence-electron chi connectivity index (χ4n) is 2.07. The number of nitrogens with two attached hydrogens (primary N) is 1. The Morgan fingerprint density at radius 2 is 2.41 bits per heavy atom. The number of likely N-dealkylation sites (tertiary alicyclic amines) is 1. The number of hydrogen-bond donors (Lipinski definition) is 1. The van der Waals surface area contributed by atoms with Gasteiger partial charge in [0.2, 0.25) is 0 Å². The van der Waals surface area contributed by atoms with Crippen molar-refractivity contribution in [1.82, 2.24) is 4.90 Å². The summed E-state index contributed by atoms with van der Waals surface area (Å²) in [5.41, 5.74) is 6.48. The van der Waals surface area contributed by atoms with Gasteiger partial charge in [0.25, 0.3) is 5.91 Å². The van der Waals surface area contributed by atoms with Crippen molar-refractivity contribution >= 4 is 22.9 Å². The average molecular weight is 254 g/mol. The summed E-state index contributed by atoms with van der Waals surface area (Å²) in [6.07, 6.45) is 2.21. The fourth-order valence-corrected chi connectivity index (χ4v) is 2.98. The monoisotopic (exact) mass is 254 g/mol. The molecule has 0 spiro atoms. The molecule has 1 aliphatic rings. The molecule has 2 rings (SSSR count). The Bertz CT molecular complexity index is 397. The maximum absolute atomic E-state index is 12.3. The minimum absolute atomic E-state index is 0.0801. The third-order valence-electron chi connectivity index (χ3n) is 3.17. The molecule has 0 bridgehead atoms. The van der Waals surface area contributed by atoms with Crippen LogP contribution in [0.3, 0.4) is 0 Å². The van der Waals surface area contributed by atoms with E-state index in [1.807, 2.05) is 11.8 Å². The van der Waals surface area contributed by atoms with Crippen LogP contribution in [0.15, 0.2) is 6.07 Å². The van der Waals surface area contributed by atoms with Crippen LogP contribution >= 0.6 is 11.3 Å². The number of thiophene rings is 1. The maximum Gasteiger partial charge on any atom is 0.264 e. The van der Waals surface area contributed by atoms with E-state index in [2.05, 4.69) is 0 Å². The van der Waals surface area contributed by atoms with E-state index in [4.69, 9.17) is 10.5 Å². The molecule has 1 aliphatic heterocycles. The molecule has 17 heavy (non-hydrogen) atoms. The van der Waals surface area contributed by atoms with Gasteiger partial charge in [0.1, 0.15) is 0 Å². The lowest BCUT2D eigenvalue weighted by Gasteiger charge is -2.31. The number of rotatable bonds is 2. The number of hydrogen-bond acceptors (Lipinski definition) is 4. The van der Waals surface area contributed by atoms with Gasteiger partial charge < -0.3 is 15.4 Å². The lowest BCUT2D eigenvalue weighted by Crippen LogP contribution is -2.42. The van der Waals surface area contributed by atoms with Crippen LogP contribution in [0.5, 0.6) is 0 Å². The lowest BCUT2D eigenvalue weighted by atomic mass is 10.1. The van der Waals surface area contributed by atoms with Crippen LogP contribution in [0.1, 0.15) is 27.4 Å². The molecule has 4 nitrogen and oxygen atoms in total. The standard InChI is InChI=1S/C12H18N2O2S/c1-8-10(13)6-11(17-8)12(15)14-5-3-4-9(7-14)16-2/h6,9H,3-5,7,13H2,1-2H3. The summed E-state index contributed by atoms with van der Waals surface area (Å²) in [5.74, 6) is 0.0801. The fraction of sp³-hybridized carbons (Fsp3) is 0.583. The van der Waals surface area contributed by atoms with Crippen molar-refractivity contribution in [3.05, 3.63) is 15.8 Å². The summed E-state index contributed by atoms with van der Waals surface area (Å²) in [4.78, 5) is 15.9. The number of methoxy groups -OCH3 is 1. The van der Waals surface area contributed by atoms with Gasteiger partial charge in [-0.15, -0.1) is 11.3 Å². The van der Waals surface area contributed by atoms with Crippen molar-refractivity contribution in [1.29, 1.82) is 0 Å². The number of aryl methyl sites for hydroxylation is 1. The van der Waals surface area contributed by atoms with Crippen molar-refractivity contribution in [2.75, 3.05) is 25.9 Å². The van der Waals surface area contributed by atoms with Crippen molar-refractivity contribution in [2.24, 2.45) is 0 Å². The summed E-state index contributed by atoms with van der Waals surface area (Å²) >= 11 is 1.47. The van der Waals surface area contributed by atoms with Gasteiger partial charge in [0.05, 0.1) is 11.0 Å². The molecule has 5 heteroatoms. The van der Waals surface area contributed by atoms with E-state index in [0.29, 0.717) is 12.2 Å². The number of carbonyl (C=O) groups excluding carboxylic acids is 1. The molecule has 0 saturated carbocycles. The van der Waals surface area contributed by atoms with Gasteiger partial charge in [-0.1, -0.05) is 0 Å². The van der Waals surface area contributed by atoms with E-state index in [-0.39, 0.29) is 12.0 Å². The number of nitrogens with zero attached hydrogens (tertiary/aromatic N) is 1. The van der Waals surface area contributed by atoms with Crippen LogP contribution < -0.4 is 5.73 Å². The predicted octanol–water partition coefficient (Wildman–Crippen LogP) is 1.89. The van der Waals surface area contributed by atoms with Crippen LogP contribution in [-0.2, 0) is 4.74 Å². The minimum Gasteiger partial charge on any atom is -0.398 e. The van der Waals surface area contributed by atoms with Gasteiger partial charge in [-0.2, -0.15) is 0 Å². The van der Waals surface area contributed by atoms with Crippen LogP contribution in [-0.4, -0.2) is 37.1 Å². The van der Waals surface area contributed by atoms with Gasteiger partial charge >= 0.3 is 0 Å². The zero-order chi connectivity index (χ0) is 12.4. The Morgan fingerprint density at radius 3 is 3.00 bits per heavy atom. The highest BCUT2D eigenvalue weighted by molar-refractivity contribution is 7.14. The number of nitrogen functional groups attached to an aromatic ring is 1. The highest BCUT2D eigenvalue weighted by Crippen LogP contribution is 2.25. The highest BCUT2D eigenvalue weighted by Gasteiger charge is 2.25. The molecule has 1 atom stereocenters. The van der Waals surface area contributed by atoms with Gasteiger partial charge in [-0.3, -0.25) is 4.79 Å². The highest BCUT2D eigenvalue weighted by atomic mass is 32.1. The van der Waals surface area contributed by atoms with Crippen LogP contribution in [0, 0.1) is 6.92 Å². The molecule has 1 saturated heterocycles. The topological polar surface area (TPSA) is 55.6 Å². The second-order valence-electron chi connectivity index (χ2n) is 4.37. The van der Waals surface area contributed by atoms with E-state index in [9.17, 15) is 4.79 Å². The average Bonchev–Trinajstić information content (AvgIpc) is 2.69. The molecule has 0 radical (unpaired) electrons. The van der Waals surface area contributed by atoms with E-state index < -0.39 is 0 Å². The van der Waals surface area contributed by atoms with E-state index >= 15 is 0 Å². The molecule has 1 aromatic rings. The van der Waals surface area contributed by atoms with Gasteiger partial charge in [-0.05, 0) is 25.8 Å². The van der Waals surface area contributed by atoms with Crippen molar-refractivity contribution < 1.29 is 9.53 Å². The van der Waals surface area contributed by atoms with Crippen molar-refractivity contribution in [2.45, 2.75) is 25.9 Å². The third-order valence-corrected chi connectivity index (χ3v) is 4.22. The number of anilines is 1. The summed E-state index contributed by atoms with van der Waals surface area (Å²) in [5, 5.41) is 0. The van der Waals surface area contributed by atoms with E-state index in [0.717, 1.165) is 29.1 Å². The Balaban J connectivity index is 2.09. The predicted molar refractivity (Wildman–Crippen MR) is 69.4 cm³/mol. The summed E-state index contributed by atoms with van der Waals surface area (Å²) in [6, 6.07) is 1.78. The number of ether oxygens (including phenoxy) is 1. The number of carbonyl (C=O) groups is 1. The first kappa shape index (κ1) is 12.4. The zero-order valence-corrected chi connectivity index (χ0v) is 11.0. The first-order chi connectivity index (χ1) is 8.11. The summed E-state index contributed by atoms with van der Waals surface area (Å²) < 4.78 is 5.32. The van der Waals surface area contributed by atoms with Crippen molar-refractivity contribution in [3.63, 3.8) is 0 Å². The molecule has 0 aliphatic carbocycles. The lowest BCUT2D eigenvalue weighted by molar-refractivity contribution is 0.0271. The molecule has 1 aromatic heterocycles. The van der Waals surface area contributed by atoms with Crippen molar-refractivity contribution in [3.8, 4) is 0 Å². The number of amides is 1. The molecule has 1 unspecified atom stereocenters. The molecule has 2 heterocycles. The zero-order valence-electron chi connectivity index (χ0n) is 10.2. The molecule has 94 valence electrons. The van der Waals surface area contributed by atoms with Crippen LogP contribution in [0.2, 0.25) is 0 Å². The van der Waals surface area contributed by atoms with Crippen LogP contribution in [0.4, 0.5) is 5.69 Å². The Kier molecular flexibility index (Phi) is 3.69. The summed E-state index contributed by atoms with van der Waals surface area (Å²) in [6.45, 7) is 3.44. The molecule has 2 N–H and O–H groups in total. The Hall–Kier alpha value is -1.07. The van der Waals surface area contributed by atoms with Gasteiger partial charge in [-0.25, -0.2) is 0 Å². The quantitative estimate of drug-likeness (QED) is 0.877. The van der Waals surface area contributed by atoms with Gasteiger partial charge in [0.15, 0.2) is 0 Å². The minimum atomic E-state index is 0.0801. The van der Waals surface area contributed by atoms with Gasteiger partial charge in [0, 0.05) is 30.8 Å². The maximum atomic E-state index is 12.3. The van der Waals surface area contributed by atoms with E-state index in [1.54, 1.807) is 13.2 Å². The second kappa shape index (κ2) is 5.06. The smallest absolute Gasteiger partial charge is 0.264 e. The Labute approximate surface area is 105 Å². The largest absolute Gasteiger partial charge is 0.398 e. The molecular weight excluding hydrogens is 236 g/mol. The summed E-state index contributed by atoms with van der Waals surface area (Å²) in [7, 11) is 1.70. The molecule has 0 aromatic carbocycles. The first-order valence-corrected chi connectivity index (χ1v) is 6.61. The SMILES string of the molecule is COC1CCCN(C(=O)c2cc(N)c(C)s2)C1. The molecule has 1 amide bonds. The number of piperidine rings is 1. The second-order valence-corrected chi connectivity index (χ2v) is 5.63. The molecule has 1 fully saturated rings. The molecular formula is C12H18N2O2S. The normalized spacial score (nSPS) is 20.6. The first-order valence-electron chi connectivity index (χ1n) is 5.79.